The van der Waals surface area contributed by atoms with Gasteiger partial charge in [-0.05, 0) is 37.5 Å². The number of hydrogen-bond donors (Lipinski definition) is 1. The first kappa shape index (κ1) is 16.1. The van der Waals surface area contributed by atoms with Crippen LogP contribution in [0.1, 0.15) is 27.2 Å². The van der Waals surface area contributed by atoms with E-state index in [1.807, 2.05) is 13.8 Å². The van der Waals surface area contributed by atoms with Gasteiger partial charge in [0.25, 0.3) is 0 Å². The van der Waals surface area contributed by atoms with Gasteiger partial charge in [-0.3, -0.25) is 14.5 Å². The fourth-order valence-electron chi connectivity index (χ4n) is 2.49. The molecule has 2 amide bonds. The van der Waals surface area contributed by atoms with Crippen molar-refractivity contribution in [1.82, 2.24) is 5.32 Å². The number of rotatable bonds is 3. The average molecular weight is 329 g/mol. The van der Waals surface area contributed by atoms with Gasteiger partial charge < -0.3 is 5.32 Å². The zero-order valence-corrected chi connectivity index (χ0v) is 13.7. The van der Waals surface area contributed by atoms with Crippen LogP contribution in [-0.4, -0.2) is 23.9 Å². The molecule has 1 heterocycles. The quantitative estimate of drug-likeness (QED) is 0.925. The van der Waals surface area contributed by atoms with Gasteiger partial charge in [0.05, 0.1) is 0 Å². The highest BCUT2D eigenvalue weighted by atomic mass is 35.5. The van der Waals surface area contributed by atoms with Crippen molar-refractivity contribution in [2.45, 2.75) is 39.3 Å². The Hall–Kier alpha value is -1.26. The molecule has 1 saturated heterocycles. The Bertz CT molecular complexity index is 555. The Balaban J connectivity index is 2.38. The summed E-state index contributed by atoms with van der Waals surface area (Å²) in [6.07, 6.45) is 0.599. The number of halogens is 2. The van der Waals surface area contributed by atoms with Gasteiger partial charge in [0.2, 0.25) is 11.8 Å². The highest BCUT2D eigenvalue weighted by Gasteiger charge is 2.39. The molecule has 0 aromatic heterocycles. The van der Waals surface area contributed by atoms with Gasteiger partial charge in [-0.15, -0.1) is 0 Å². The van der Waals surface area contributed by atoms with Gasteiger partial charge in [-0.2, -0.15) is 0 Å². The molecule has 0 saturated carbocycles. The van der Waals surface area contributed by atoms with Crippen molar-refractivity contribution in [3.63, 3.8) is 0 Å². The van der Waals surface area contributed by atoms with E-state index in [0.29, 0.717) is 28.1 Å². The molecule has 1 fully saturated rings. The van der Waals surface area contributed by atoms with Crippen LogP contribution in [0.15, 0.2) is 18.2 Å². The molecule has 114 valence electrons. The third-order valence-corrected chi connectivity index (χ3v) is 3.89. The lowest BCUT2D eigenvalue weighted by Crippen LogP contribution is -2.63. The summed E-state index contributed by atoms with van der Waals surface area (Å²) < 4.78 is 0. The van der Waals surface area contributed by atoms with Crippen LogP contribution in [0.5, 0.6) is 0 Å². The highest BCUT2D eigenvalue weighted by molar-refractivity contribution is 6.35. The van der Waals surface area contributed by atoms with Crippen molar-refractivity contribution in [2.75, 3.05) is 4.90 Å². The van der Waals surface area contributed by atoms with Gasteiger partial charge in [-0.1, -0.05) is 37.0 Å². The van der Waals surface area contributed by atoms with Crippen molar-refractivity contribution < 1.29 is 9.59 Å². The van der Waals surface area contributed by atoms with E-state index in [9.17, 15) is 9.59 Å². The molecule has 4 nitrogen and oxygen atoms in total. The van der Waals surface area contributed by atoms with E-state index in [0.717, 1.165) is 0 Å². The first-order valence-electron chi connectivity index (χ1n) is 6.89. The molecule has 1 aliphatic rings. The lowest BCUT2D eigenvalue weighted by Gasteiger charge is -2.38. The molecule has 6 heteroatoms. The molecule has 0 spiro atoms. The predicted molar refractivity (Wildman–Crippen MR) is 84.8 cm³/mol. The number of amides is 2. The molecule has 1 aliphatic heterocycles. The number of hydrogen-bond acceptors (Lipinski definition) is 2. The molecule has 2 rings (SSSR count). The lowest BCUT2D eigenvalue weighted by atomic mass is 9.98. The second kappa shape index (κ2) is 6.24. The maximum absolute atomic E-state index is 12.7. The van der Waals surface area contributed by atoms with E-state index in [2.05, 4.69) is 5.32 Å². The first-order valence-corrected chi connectivity index (χ1v) is 7.64. The van der Waals surface area contributed by atoms with Crippen LogP contribution in [0.25, 0.3) is 0 Å². The number of piperazine rings is 1. The molecule has 2 atom stereocenters. The van der Waals surface area contributed by atoms with Crippen molar-refractivity contribution >= 4 is 40.7 Å². The van der Waals surface area contributed by atoms with Gasteiger partial charge in [-0.25, -0.2) is 0 Å². The fraction of sp³-hybridized carbons (Fsp3) is 0.467. The zero-order valence-electron chi connectivity index (χ0n) is 12.2. The minimum Gasteiger partial charge on any atom is -0.342 e. The molecule has 21 heavy (non-hydrogen) atoms. The van der Waals surface area contributed by atoms with Crippen LogP contribution in [-0.2, 0) is 9.59 Å². The second-order valence-electron chi connectivity index (χ2n) is 5.70. The summed E-state index contributed by atoms with van der Waals surface area (Å²) in [5.74, 6) is 0.00272. The molecule has 2 unspecified atom stereocenters. The summed E-state index contributed by atoms with van der Waals surface area (Å²) in [6.45, 7) is 5.71. The first-order chi connectivity index (χ1) is 9.79. The Labute approximate surface area is 134 Å². The van der Waals surface area contributed by atoms with Crippen LogP contribution in [0.3, 0.4) is 0 Å². The van der Waals surface area contributed by atoms with E-state index >= 15 is 0 Å². The number of anilines is 1. The normalized spacial score (nSPS) is 22.7. The minimum absolute atomic E-state index is 0.130. The SMILES string of the molecule is CC(C)CC1NC(=O)C(C)N(c2cc(Cl)cc(Cl)c2)C1=O. The minimum atomic E-state index is -0.588. The predicted octanol–water partition coefficient (Wildman–Crippen LogP) is 3.26. The zero-order chi connectivity index (χ0) is 15.7. The van der Waals surface area contributed by atoms with Crippen LogP contribution in [0, 0.1) is 5.92 Å². The van der Waals surface area contributed by atoms with Crippen molar-refractivity contribution in [3.8, 4) is 0 Å². The van der Waals surface area contributed by atoms with E-state index in [1.54, 1.807) is 25.1 Å². The number of carbonyl (C=O) groups is 2. The van der Waals surface area contributed by atoms with E-state index < -0.39 is 12.1 Å². The largest absolute Gasteiger partial charge is 0.342 e. The van der Waals surface area contributed by atoms with Crippen LogP contribution >= 0.6 is 23.2 Å². The fourth-order valence-corrected chi connectivity index (χ4v) is 3.00. The van der Waals surface area contributed by atoms with Gasteiger partial charge in [0.1, 0.15) is 12.1 Å². The molecule has 0 aliphatic carbocycles. The number of nitrogens with zero attached hydrogens (tertiary/aromatic N) is 1. The molecular weight excluding hydrogens is 311 g/mol. The Morgan fingerprint density at radius 3 is 2.29 bits per heavy atom. The number of nitrogens with one attached hydrogen (secondary N) is 1. The van der Waals surface area contributed by atoms with Gasteiger partial charge in [0, 0.05) is 15.7 Å². The topological polar surface area (TPSA) is 49.4 Å². The van der Waals surface area contributed by atoms with Gasteiger partial charge >= 0.3 is 0 Å². The summed E-state index contributed by atoms with van der Waals surface area (Å²) in [5, 5.41) is 3.65. The summed E-state index contributed by atoms with van der Waals surface area (Å²) in [5.41, 5.74) is 0.550. The Morgan fingerprint density at radius 1 is 1.19 bits per heavy atom. The molecule has 0 bridgehead atoms. The maximum Gasteiger partial charge on any atom is 0.250 e. The average Bonchev–Trinajstić information content (AvgIpc) is 2.34. The van der Waals surface area contributed by atoms with Crippen LogP contribution in [0.2, 0.25) is 10.0 Å². The molecular formula is C15H18Cl2N2O2. The van der Waals surface area contributed by atoms with E-state index in [-0.39, 0.29) is 11.8 Å². The van der Waals surface area contributed by atoms with Crippen molar-refractivity contribution in [3.05, 3.63) is 28.2 Å². The van der Waals surface area contributed by atoms with E-state index in [1.165, 1.54) is 4.90 Å². The van der Waals surface area contributed by atoms with Crippen LogP contribution < -0.4 is 10.2 Å². The summed E-state index contributed by atoms with van der Waals surface area (Å²) in [7, 11) is 0. The summed E-state index contributed by atoms with van der Waals surface area (Å²) >= 11 is 12.0. The summed E-state index contributed by atoms with van der Waals surface area (Å²) in [6, 6.07) is 3.79. The second-order valence-corrected chi connectivity index (χ2v) is 6.58. The maximum atomic E-state index is 12.7. The number of carbonyl (C=O) groups excluding carboxylic acids is 2. The third-order valence-electron chi connectivity index (χ3n) is 3.45. The lowest BCUT2D eigenvalue weighted by molar-refractivity contribution is -0.133. The van der Waals surface area contributed by atoms with Crippen LogP contribution in [0.4, 0.5) is 5.69 Å². The molecule has 1 aromatic carbocycles. The van der Waals surface area contributed by atoms with E-state index in [4.69, 9.17) is 23.2 Å². The Kier molecular flexibility index (Phi) is 4.79. The standard InChI is InChI=1S/C15H18Cl2N2O2/c1-8(2)4-13-15(21)19(9(3)14(20)18-13)12-6-10(16)5-11(17)7-12/h5-9,13H,4H2,1-3H3,(H,18,20). The monoisotopic (exact) mass is 328 g/mol. The van der Waals surface area contributed by atoms with Gasteiger partial charge in [0.15, 0.2) is 0 Å². The molecule has 1 aromatic rings. The molecule has 1 N–H and O–H groups in total. The summed E-state index contributed by atoms with van der Waals surface area (Å²) in [4.78, 5) is 26.3. The molecule has 0 radical (unpaired) electrons. The smallest absolute Gasteiger partial charge is 0.250 e. The Morgan fingerprint density at radius 2 is 1.76 bits per heavy atom. The number of benzene rings is 1. The van der Waals surface area contributed by atoms with Crippen molar-refractivity contribution in [2.24, 2.45) is 5.92 Å². The third kappa shape index (κ3) is 3.50. The van der Waals surface area contributed by atoms with Crippen molar-refractivity contribution in [1.29, 1.82) is 0 Å². The highest BCUT2D eigenvalue weighted by Crippen LogP contribution is 2.29.